The molecule has 5 nitrogen and oxygen atoms in total. The maximum absolute atomic E-state index is 12.8. The first kappa shape index (κ1) is 16.3. The zero-order valence-corrected chi connectivity index (χ0v) is 14.1. The average molecular weight is 345 g/mol. The molecule has 0 radical (unpaired) electrons. The third kappa shape index (κ3) is 3.21. The minimum absolute atomic E-state index is 0.0247. The summed E-state index contributed by atoms with van der Waals surface area (Å²) in [5, 5.41) is 3.37. The van der Waals surface area contributed by atoms with Crippen LogP contribution < -0.4 is 15.0 Å². The average Bonchev–Trinajstić information content (AvgIpc) is 2.55. The summed E-state index contributed by atoms with van der Waals surface area (Å²) in [6.07, 6.45) is -0.733. The number of ether oxygens (including phenoxy) is 1. The molecule has 0 aromatic heterocycles. The normalized spacial score (nSPS) is 14.6. The summed E-state index contributed by atoms with van der Waals surface area (Å²) >= 11 is 5.93. The summed E-state index contributed by atoms with van der Waals surface area (Å²) in [6.45, 7) is 3.51. The van der Waals surface area contributed by atoms with Crippen LogP contribution >= 0.6 is 11.6 Å². The molecule has 1 heterocycles. The predicted molar refractivity (Wildman–Crippen MR) is 93.7 cm³/mol. The van der Waals surface area contributed by atoms with Gasteiger partial charge in [-0.15, -0.1) is 0 Å². The zero-order chi connectivity index (χ0) is 17.3. The Morgan fingerprint density at radius 2 is 2.04 bits per heavy atom. The number of hydrogen-bond acceptors (Lipinski definition) is 3. The van der Waals surface area contributed by atoms with E-state index in [1.54, 1.807) is 37.3 Å². The quantitative estimate of drug-likeness (QED) is 0.928. The highest BCUT2D eigenvalue weighted by Gasteiger charge is 2.30. The number of nitrogens with zero attached hydrogens (tertiary/aromatic N) is 1. The second-order valence-corrected chi connectivity index (χ2v) is 6.10. The highest BCUT2D eigenvalue weighted by molar-refractivity contribution is 6.30. The number of carbonyl (C=O) groups is 2. The second kappa shape index (κ2) is 6.53. The van der Waals surface area contributed by atoms with E-state index in [0.29, 0.717) is 22.1 Å². The Balaban J connectivity index is 1.82. The Kier molecular flexibility index (Phi) is 4.44. The van der Waals surface area contributed by atoms with Crippen LogP contribution in [0, 0.1) is 6.92 Å². The molecule has 0 bridgehead atoms. The van der Waals surface area contributed by atoms with Crippen molar-refractivity contribution in [1.29, 1.82) is 0 Å². The maximum atomic E-state index is 12.8. The van der Waals surface area contributed by atoms with Crippen LogP contribution in [0.4, 0.5) is 11.4 Å². The lowest BCUT2D eigenvalue weighted by molar-refractivity contribution is -0.126. The molecule has 124 valence electrons. The third-order valence-corrected chi connectivity index (χ3v) is 4.06. The zero-order valence-electron chi connectivity index (χ0n) is 13.4. The van der Waals surface area contributed by atoms with Crippen molar-refractivity contribution in [2.75, 3.05) is 16.8 Å². The fourth-order valence-electron chi connectivity index (χ4n) is 2.64. The molecule has 6 heteroatoms. The first-order valence-corrected chi connectivity index (χ1v) is 7.96. The summed E-state index contributed by atoms with van der Waals surface area (Å²) in [5.41, 5.74) is 2.14. The molecule has 0 saturated heterocycles. The van der Waals surface area contributed by atoms with Crippen molar-refractivity contribution in [2.24, 2.45) is 0 Å². The van der Waals surface area contributed by atoms with Crippen molar-refractivity contribution >= 4 is 34.8 Å². The van der Waals surface area contributed by atoms with Crippen molar-refractivity contribution in [3.8, 4) is 5.75 Å². The van der Waals surface area contributed by atoms with E-state index in [9.17, 15) is 9.59 Å². The number of fused-ring (bicyclic) bond motifs is 1. The predicted octanol–water partition coefficient (Wildman–Crippen LogP) is 3.40. The molecule has 1 atom stereocenters. The number of benzene rings is 2. The van der Waals surface area contributed by atoms with E-state index < -0.39 is 6.10 Å². The first-order valence-electron chi connectivity index (χ1n) is 7.59. The van der Waals surface area contributed by atoms with E-state index in [1.807, 2.05) is 19.1 Å². The Morgan fingerprint density at radius 1 is 1.29 bits per heavy atom. The Morgan fingerprint density at radius 3 is 2.79 bits per heavy atom. The molecule has 2 aromatic rings. The van der Waals surface area contributed by atoms with Gasteiger partial charge in [0.15, 0.2) is 6.10 Å². The third-order valence-electron chi connectivity index (χ3n) is 3.83. The molecule has 0 saturated carbocycles. The summed E-state index contributed by atoms with van der Waals surface area (Å²) in [4.78, 5) is 26.1. The van der Waals surface area contributed by atoms with Gasteiger partial charge in [0.25, 0.3) is 5.91 Å². The van der Waals surface area contributed by atoms with Crippen LogP contribution in [0.2, 0.25) is 5.02 Å². The molecular weight excluding hydrogens is 328 g/mol. The summed E-state index contributed by atoms with van der Waals surface area (Å²) in [5.74, 6) is 0.0959. The molecule has 2 aromatic carbocycles. The van der Waals surface area contributed by atoms with Gasteiger partial charge in [0.05, 0.1) is 11.4 Å². The van der Waals surface area contributed by atoms with Crippen molar-refractivity contribution in [3.05, 3.63) is 53.1 Å². The second-order valence-electron chi connectivity index (χ2n) is 5.66. The van der Waals surface area contributed by atoms with Crippen LogP contribution in [0.1, 0.15) is 12.5 Å². The molecule has 1 aliphatic heterocycles. The largest absolute Gasteiger partial charge is 0.481 e. The van der Waals surface area contributed by atoms with Crippen molar-refractivity contribution < 1.29 is 14.3 Å². The number of aryl methyl sites for hydroxylation is 1. The molecule has 0 spiro atoms. The van der Waals surface area contributed by atoms with Gasteiger partial charge >= 0.3 is 0 Å². The number of nitrogens with one attached hydrogen (secondary N) is 1. The van der Waals surface area contributed by atoms with Gasteiger partial charge < -0.3 is 10.1 Å². The van der Waals surface area contributed by atoms with E-state index >= 15 is 0 Å². The van der Waals surface area contributed by atoms with Crippen LogP contribution in [0.3, 0.4) is 0 Å². The van der Waals surface area contributed by atoms with Crippen molar-refractivity contribution in [1.82, 2.24) is 0 Å². The van der Waals surface area contributed by atoms with Crippen LogP contribution in [0.25, 0.3) is 0 Å². The van der Waals surface area contributed by atoms with Crippen LogP contribution in [0.5, 0.6) is 5.75 Å². The summed E-state index contributed by atoms with van der Waals surface area (Å²) in [6, 6.07) is 12.4. The monoisotopic (exact) mass is 344 g/mol. The van der Waals surface area contributed by atoms with Gasteiger partial charge in [-0.1, -0.05) is 23.7 Å². The van der Waals surface area contributed by atoms with E-state index in [2.05, 4.69) is 5.32 Å². The van der Waals surface area contributed by atoms with E-state index in [1.165, 1.54) is 4.90 Å². The molecular formula is C18H17ClN2O3. The number of halogens is 1. The number of para-hydroxylation sites is 2. The number of carbonyl (C=O) groups excluding carboxylic acids is 2. The molecule has 0 aliphatic carbocycles. The van der Waals surface area contributed by atoms with Crippen LogP contribution in [-0.4, -0.2) is 24.5 Å². The Bertz CT molecular complexity index is 807. The van der Waals surface area contributed by atoms with Crippen LogP contribution in [-0.2, 0) is 9.59 Å². The van der Waals surface area contributed by atoms with E-state index in [0.717, 1.165) is 5.56 Å². The van der Waals surface area contributed by atoms with Gasteiger partial charge in [-0.25, -0.2) is 0 Å². The molecule has 3 rings (SSSR count). The van der Waals surface area contributed by atoms with Gasteiger partial charge in [-0.05, 0) is 49.7 Å². The molecule has 24 heavy (non-hydrogen) atoms. The number of hydrogen-bond donors (Lipinski definition) is 1. The molecule has 1 N–H and O–H groups in total. The van der Waals surface area contributed by atoms with E-state index in [-0.39, 0.29) is 18.4 Å². The first-order chi connectivity index (χ1) is 11.5. The lowest BCUT2D eigenvalue weighted by Crippen LogP contribution is -2.47. The van der Waals surface area contributed by atoms with Gasteiger partial charge in [0.2, 0.25) is 5.91 Å². The topological polar surface area (TPSA) is 58.6 Å². The Labute approximate surface area is 145 Å². The van der Waals surface area contributed by atoms with Gasteiger partial charge in [-0.2, -0.15) is 0 Å². The number of anilines is 2. The SMILES string of the molecule is Cc1cc(Cl)ccc1O[C@@H](C)C(=O)N1CC(=O)Nc2ccccc21. The highest BCUT2D eigenvalue weighted by atomic mass is 35.5. The highest BCUT2D eigenvalue weighted by Crippen LogP contribution is 2.30. The maximum Gasteiger partial charge on any atom is 0.268 e. The smallest absolute Gasteiger partial charge is 0.268 e. The van der Waals surface area contributed by atoms with Crippen molar-refractivity contribution in [2.45, 2.75) is 20.0 Å². The van der Waals surface area contributed by atoms with Gasteiger partial charge in [0.1, 0.15) is 12.3 Å². The number of amides is 2. The molecule has 0 fully saturated rings. The van der Waals surface area contributed by atoms with E-state index in [4.69, 9.17) is 16.3 Å². The number of rotatable bonds is 3. The summed E-state index contributed by atoms with van der Waals surface area (Å²) in [7, 11) is 0. The fraction of sp³-hybridized carbons (Fsp3) is 0.222. The van der Waals surface area contributed by atoms with Crippen molar-refractivity contribution in [3.63, 3.8) is 0 Å². The van der Waals surface area contributed by atoms with Gasteiger partial charge in [0, 0.05) is 5.02 Å². The minimum Gasteiger partial charge on any atom is -0.481 e. The molecule has 0 unspecified atom stereocenters. The van der Waals surface area contributed by atoms with Crippen LogP contribution in [0.15, 0.2) is 42.5 Å². The lowest BCUT2D eigenvalue weighted by Gasteiger charge is -2.31. The Hall–Kier alpha value is -2.53. The fourth-order valence-corrected chi connectivity index (χ4v) is 2.86. The van der Waals surface area contributed by atoms with Gasteiger partial charge in [-0.3, -0.25) is 14.5 Å². The summed E-state index contributed by atoms with van der Waals surface area (Å²) < 4.78 is 5.78. The lowest BCUT2D eigenvalue weighted by atomic mass is 10.1. The molecule has 2 amide bonds. The minimum atomic E-state index is -0.733. The standard InChI is InChI=1S/C18H17ClN2O3/c1-11-9-13(19)7-8-16(11)24-12(2)18(23)21-10-17(22)20-14-5-3-4-6-15(14)21/h3-9,12H,10H2,1-2H3,(H,20,22)/t12-/m0/s1. The molecule has 1 aliphatic rings.